The van der Waals surface area contributed by atoms with Crippen molar-refractivity contribution in [1.82, 2.24) is 10.6 Å². The highest BCUT2D eigenvalue weighted by atomic mass is 16.5. The number of benzene rings is 2. The number of hydrogen-bond acceptors (Lipinski definition) is 9. The summed E-state index contributed by atoms with van der Waals surface area (Å²) in [5.74, 6) is -0.706. The third-order valence-corrected chi connectivity index (χ3v) is 11.4. The van der Waals surface area contributed by atoms with Gasteiger partial charge in [-0.15, -0.1) is 0 Å². The first kappa shape index (κ1) is 44.0. The highest BCUT2D eigenvalue weighted by Crippen LogP contribution is 2.43. The molecule has 5 N–H and O–H groups in total. The number of esters is 1. The van der Waals surface area contributed by atoms with Crippen molar-refractivity contribution in [2.24, 2.45) is 0 Å². The van der Waals surface area contributed by atoms with Crippen LogP contribution in [-0.4, -0.2) is 76.2 Å². The molecule has 2 fully saturated rings. The van der Waals surface area contributed by atoms with E-state index >= 15 is 0 Å². The van der Waals surface area contributed by atoms with Gasteiger partial charge in [-0.2, -0.15) is 0 Å². The first-order chi connectivity index (χ1) is 26.3. The third-order valence-electron chi connectivity index (χ3n) is 11.4. The Balaban J connectivity index is 0.000000246. The minimum Gasteiger partial charge on any atom is -0.509 e. The topological polar surface area (TPSA) is 164 Å². The Morgan fingerprint density at radius 1 is 0.764 bits per heavy atom. The van der Waals surface area contributed by atoms with Crippen LogP contribution in [-0.2, 0) is 61.1 Å². The average molecular weight is 765 g/mol. The molecule has 2 aromatic rings. The van der Waals surface area contributed by atoms with Crippen molar-refractivity contribution >= 4 is 23.4 Å². The maximum absolute atomic E-state index is 13.0. The van der Waals surface area contributed by atoms with E-state index in [4.69, 9.17) is 14.2 Å². The Kier molecular flexibility index (Phi) is 15.9. The Morgan fingerprint density at radius 3 is 1.78 bits per heavy atom. The standard InChI is InChI=1S/C23H35NO5.C21H29NO4/c1-5-17-12-16(4)13-18(15-25)20(17)14-21(26)24-23(22(27)29-7-3)10-8-19(9-11-23)28-6-2;1-4-14-10-13(3)11-15(12-23)17(14)18-19(24)21(22-20(18)25)8-6-16(7-9-21)26-5-2/h12-13,19,25H,5-11,14-15H2,1-4H3,(H,24,26);10-11,16,23-24H,4-9,12H2,1-3H3,(H,22,25). The molecule has 0 radical (unpaired) electrons. The fourth-order valence-electron chi connectivity index (χ4n) is 8.70. The molecule has 0 saturated heterocycles. The van der Waals surface area contributed by atoms with E-state index < -0.39 is 11.1 Å². The van der Waals surface area contributed by atoms with E-state index in [1.165, 1.54) is 0 Å². The fraction of sp³-hybridized carbons (Fsp3) is 0.614. The van der Waals surface area contributed by atoms with Crippen molar-refractivity contribution in [2.75, 3.05) is 19.8 Å². The summed E-state index contributed by atoms with van der Waals surface area (Å²) in [6.45, 7) is 15.0. The van der Waals surface area contributed by atoms with Gasteiger partial charge in [-0.3, -0.25) is 9.59 Å². The number of aliphatic hydroxyl groups is 3. The second kappa shape index (κ2) is 19.9. The van der Waals surface area contributed by atoms with Crippen LogP contribution in [0.5, 0.6) is 0 Å². The van der Waals surface area contributed by atoms with Gasteiger partial charge in [0.15, 0.2) is 0 Å². The largest absolute Gasteiger partial charge is 0.509 e. The van der Waals surface area contributed by atoms with Crippen molar-refractivity contribution in [3.8, 4) is 0 Å². The van der Waals surface area contributed by atoms with Crippen LogP contribution in [0.25, 0.3) is 5.57 Å². The van der Waals surface area contributed by atoms with E-state index in [-0.39, 0.29) is 62.0 Å². The summed E-state index contributed by atoms with van der Waals surface area (Å²) in [5.41, 5.74) is 5.77. The Morgan fingerprint density at radius 2 is 1.27 bits per heavy atom. The van der Waals surface area contributed by atoms with E-state index in [2.05, 4.69) is 16.7 Å². The van der Waals surface area contributed by atoms with Crippen LogP contribution in [0.2, 0.25) is 0 Å². The number of carbonyl (C=O) groups is 3. The summed E-state index contributed by atoms with van der Waals surface area (Å²) >= 11 is 0. The zero-order valence-electron chi connectivity index (χ0n) is 34.1. The third kappa shape index (κ3) is 10.2. The zero-order valence-corrected chi connectivity index (χ0v) is 34.1. The highest BCUT2D eigenvalue weighted by molar-refractivity contribution is 6.24. The number of amides is 2. The smallest absolute Gasteiger partial charge is 0.331 e. The average Bonchev–Trinajstić information content (AvgIpc) is 3.41. The molecule has 0 aromatic heterocycles. The van der Waals surface area contributed by atoms with Crippen LogP contribution in [0.4, 0.5) is 0 Å². The van der Waals surface area contributed by atoms with Gasteiger partial charge in [0, 0.05) is 13.2 Å². The molecule has 2 saturated carbocycles. The van der Waals surface area contributed by atoms with Gasteiger partial charge in [-0.05, 0) is 132 Å². The lowest BCUT2D eigenvalue weighted by Crippen LogP contribution is -2.58. The monoisotopic (exact) mass is 764 g/mol. The quantitative estimate of drug-likeness (QED) is 0.142. The molecule has 2 amide bonds. The molecule has 304 valence electrons. The van der Waals surface area contributed by atoms with Gasteiger partial charge < -0.3 is 40.2 Å². The van der Waals surface area contributed by atoms with Crippen molar-refractivity contribution in [2.45, 2.75) is 156 Å². The summed E-state index contributed by atoms with van der Waals surface area (Å²) in [5, 5.41) is 36.7. The molecule has 0 atom stereocenters. The van der Waals surface area contributed by atoms with Crippen molar-refractivity contribution in [1.29, 1.82) is 0 Å². The predicted octanol–water partition coefficient (Wildman–Crippen LogP) is 6.16. The van der Waals surface area contributed by atoms with Crippen LogP contribution >= 0.6 is 0 Å². The minimum absolute atomic E-state index is 0.115. The van der Waals surface area contributed by atoms with Crippen molar-refractivity contribution < 1.29 is 43.9 Å². The van der Waals surface area contributed by atoms with Gasteiger partial charge in [0.2, 0.25) is 5.91 Å². The molecule has 55 heavy (non-hydrogen) atoms. The lowest BCUT2D eigenvalue weighted by atomic mass is 9.78. The molecule has 11 nitrogen and oxygen atoms in total. The Hall–Kier alpha value is -3.77. The van der Waals surface area contributed by atoms with Crippen molar-refractivity contribution in [3.05, 3.63) is 74.5 Å². The maximum Gasteiger partial charge on any atom is 0.331 e. The first-order valence-electron chi connectivity index (χ1n) is 20.3. The molecule has 1 spiro atoms. The van der Waals surface area contributed by atoms with Gasteiger partial charge in [0.25, 0.3) is 5.91 Å². The van der Waals surface area contributed by atoms with Crippen LogP contribution in [0, 0.1) is 13.8 Å². The molecule has 0 unspecified atom stereocenters. The van der Waals surface area contributed by atoms with Gasteiger partial charge in [-0.1, -0.05) is 49.2 Å². The molecule has 2 aliphatic carbocycles. The molecular formula is C44H64N2O9. The maximum atomic E-state index is 13.0. The van der Waals surface area contributed by atoms with Crippen LogP contribution in [0.3, 0.4) is 0 Å². The molecular weight excluding hydrogens is 700 g/mol. The fourth-order valence-corrected chi connectivity index (χ4v) is 8.70. The minimum atomic E-state index is -1.00. The lowest BCUT2D eigenvalue weighted by molar-refractivity contribution is -0.156. The number of aliphatic hydroxyl groups excluding tert-OH is 3. The predicted molar refractivity (Wildman–Crippen MR) is 212 cm³/mol. The summed E-state index contributed by atoms with van der Waals surface area (Å²) < 4.78 is 16.7. The molecule has 3 aliphatic rings. The number of hydrogen-bond donors (Lipinski definition) is 5. The molecule has 11 heteroatoms. The zero-order chi connectivity index (χ0) is 40.3. The van der Waals surface area contributed by atoms with Crippen LogP contribution < -0.4 is 10.6 Å². The first-order valence-corrected chi connectivity index (χ1v) is 20.3. The highest BCUT2D eigenvalue weighted by Gasteiger charge is 2.49. The SMILES string of the molecule is CCOC(=O)C1(NC(=O)Cc2c(CC)cc(C)cc2CO)CCC(OCC)CC1.CCOC1CCC2(CC1)NC(=O)C(c1c(CC)cc(C)cc1CO)=C2O. The molecule has 2 aromatic carbocycles. The molecule has 1 aliphatic heterocycles. The van der Waals surface area contributed by atoms with E-state index in [0.29, 0.717) is 68.4 Å². The Labute approximate surface area is 327 Å². The van der Waals surface area contributed by atoms with Gasteiger partial charge >= 0.3 is 5.97 Å². The summed E-state index contributed by atoms with van der Waals surface area (Å²) in [6.07, 6.45) is 7.33. The van der Waals surface area contributed by atoms with E-state index in [0.717, 1.165) is 59.1 Å². The number of aryl methyl sites for hydroxylation is 4. The second-order valence-electron chi connectivity index (χ2n) is 15.1. The summed E-state index contributed by atoms with van der Waals surface area (Å²) in [4.78, 5) is 38.6. The van der Waals surface area contributed by atoms with Gasteiger partial charge in [0.05, 0.1) is 49.6 Å². The van der Waals surface area contributed by atoms with E-state index in [1.807, 2.05) is 59.7 Å². The Bertz CT molecular complexity index is 1630. The van der Waals surface area contributed by atoms with Crippen LogP contribution in [0.15, 0.2) is 30.0 Å². The number of nitrogens with one attached hydrogen (secondary N) is 2. The lowest BCUT2D eigenvalue weighted by Gasteiger charge is -2.38. The van der Waals surface area contributed by atoms with Crippen molar-refractivity contribution in [3.63, 3.8) is 0 Å². The normalized spacial score (nSPS) is 23.6. The molecule has 5 rings (SSSR count). The van der Waals surface area contributed by atoms with Crippen LogP contribution in [0.1, 0.15) is 130 Å². The number of rotatable bonds is 14. The van der Waals surface area contributed by atoms with Gasteiger partial charge in [0.1, 0.15) is 11.3 Å². The number of ether oxygens (including phenoxy) is 3. The number of carbonyl (C=O) groups excluding carboxylic acids is 3. The van der Waals surface area contributed by atoms with E-state index in [9.17, 15) is 29.7 Å². The van der Waals surface area contributed by atoms with Gasteiger partial charge in [-0.25, -0.2) is 4.79 Å². The molecule has 0 bridgehead atoms. The van der Waals surface area contributed by atoms with E-state index in [1.54, 1.807) is 6.92 Å². The molecule has 1 heterocycles. The summed E-state index contributed by atoms with van der Waals surface area (Å²) in [7, 11) is 0. The summed E-state index contributed by atoms with van der Waals surface area (Å²) in [6, 6.07) is 7.88. The second-order valence-corrected chi connectivity index (χ2v) is 15.1.